The molecule has 0 saturated carbocycles. The van der Waals surface area contributed by atoms with E-state index < -0.39 is 10.3 Å². The van der Waals surface area contributed by atoms with Gasteiger partial charge >= 0.3 is 0 Å². The van der Waals surface area contributed by atoms with E-state index in [0.29, 0.717) is 16.7 Å². The zero-order chi connectivity index (χ0) is 14.8. The van der Waals surface area contributed by atoms with Gasteiger partial charge in [-0.15, -0.1) is 0 Å². The summed E-state index contributed by atoms with van der Waals surface area (Å²) in [6, 6.07) is 17.1. The van der Waals surface area contributed by atoms with Crippen LogP contribution in [0, 0.1) is 9.85 Å². The maximum Gasteiger partial charge on any atom is 0.238 e. The molecule has 1 heterocycles. The fourth-order valence-corrected chi connectivity index (χ4v) is 2.96. The number of nitrogens with zero attached hydrogens (tertiary/aromatic N) is 1. The zero-order valence-electron chi connectivity index (χ0n) is 11.1. The van der Waals surface area contributed by atoms with Crippen LogP contribution in [0.1, 0.15) is 11.1 Å². The van der Waals surface area contributed by atoms with Crippen LogP contribution < -0.4 is 0 Å². The number of benzene rings is 2. The van der Waals surface area contributed by atoms with E-state index in [9.17, 15) is 13.6 Å². The van der Waals surface area contributed by atoms with Crippen molar-refractivity contribution in [3.63, 3.8) is 0 Å². The highest BCUT2D eigenvalue weighted by molar-refractivity contribution is 7.63. The lowest BCUT2D eigenvalue weighted by molar-refractivity contribution is 0.623. The molecule has 4 nitrogen and oxygen atoms in total. The van der Waals surface area contributed by atoms with Crippen molar-refractivity contribution in [1.29, 1.82) is 0 Å². The molecular weight excluding hydrogens is 286 g/mol. The third-order valence-electron chi connectivity index (χ3n) is 3.36. The first kappa shape index (κ1) is 13.5. The molecule has 0 N–H and O–H groups in total. The molecule has 2 aromatic carbocycles. The third-order valence-corrected chi connectivity index (χ3v) is 4.12. The lowest BCUT2D eigenvalue weighted by atomic mass is 10.0. The number of pyridine rings is 1. The topological polar surface area (TPSA) is 62.1 Å². The zero-order valence-corrected chi connectivity index (χ0v) is 11.9. The highest BCUT2D eigenvalue weighted by Crippen LogP contribution is 2.18. The van der Waals surface area contributed by atoms with E-state index in [-0.39, 0.29) is 4.64 Å². The van der Waals surface area contributed by atoms with Crippen LogP contribution in [-0.2, 0) is 16.7 Å². The van der Waals surface area contributed by atoms with Gasteiger partial charge in [0.2, 0.25) is 10.3 Å². The molecule has 5 heteroatoms. The molecule has 0 bridgehead atoms. The first-order valence-corrected chi connectivity index (χ1v) is 7.50. The average molecular weight is 298 g/mol. The highest BCUT2D eigenvalue weighted by Gasteiger charge is 2.02. The van der Waals surface area contributed by atoms with Gasteiger partial charge in [-0.1, -0.05) is 48.5 Å². The summed E-state index contributed by atoms with van der Waals surface area (Å²) in [6.07, 6.45) is 1.59. The molecule has 0 aliphatic heterocycles. The van der Waals surface area contributed by atoms with Crippen LogP contribution in [0.5, 0.6) is 0 Å². The molecule has 106 valence electrons. The van der Waals surface area contributed by atoms with Gasteiger partial charge in [0.25, 0.3) is 0 Å². The molecule has 0 saturated heterocycles. The summed E-state index contributed by atoms with van der Waals surface area (Å²) in [5.74, 6) is 0. The molecule has 0 aliphatic rings. The number of hydrogen-bond donors (Lipinski definition) is 0. The predicted octanol–water partition coefficient (Wildman–Crippen LogP) is 2.99. The summed E-state index contributed by atoms with van der Waals surface area (Å²) in [7, 11) is -2.55. The fourth-order valence-electron chi connectivity index (χ4n) is 2.40. The van der Waals surface area contributed by atoms with Crippen molar-refractivity contribution in [3.05, 3.63) is 81.8 Å². The Hall–Kier alpha value is -2.53. The SMILES string of the molecule is O=S(=O)=c1c(Cc2ccc3ccccc3c2)cccn1[O-]. The van der Waals surface area contributed by atoms with Crippen molar-refractivity contribution in [3.8, 4) is 0 Å². The van der Waals surface area contributed by atoms with E-state index in [0.717, 1.165) is 16.3 Å². The summed E-state index contributed by atoms with van der Waals surface area (Å²) >= 11 is 0. The second-order valence-electron chi connectivity index (χ2n) is 4.76. The van der Waals surface area contributed by atoms with Crippen LogP contribution in [0.25, 0.3) is 10.8 Å². The van der Waals surface area contributed by atoms with Crippen molar-refractivity contribution < 1.29 is 8.42 Å². The number of rotatable bonds is 2. The minimum atomic E-state index is -2.55. The van der Waals surface area contributed by atoms with Crippen LogP contribution >= 0.6 is 0 Å². The molecule has 0 atom stereocenters. The van der Waals surface area contributed by atoms with Gasteiger partial charge in [-0.25, -0.2) is 0 Å². The molecule has 3 aromatic rings. The Morgan fingerprint density at radius 2 is 1.71 bits per heavy atom. The largest absolute Gasteiger partial charge is 0.805 e. The van der Waals surface area contributed by atoms with E-state index in [4.69, 9.17) is 0 Å². The van der Waals surface area contributed by atoms with Crippen molar-refractivity contribution in [2.75, 3.05) is 0 Å². The van der Waals surface area contributed by atoms with Crippen molar-refractivity contribution >= 4 is 21.1 Å². The Bertz CT molecular complexity index is 980. The molecule has 0 aliphatic carbocycles. The van der Waals surface area contributed by atoms with E-state index >= 15 is 0 Å². The molecule has 0 amide bonds. The van der Waals surface area contributed by atoms with Gasteiger partial charge in [0.05, 0.1) is 0 Å². The Kier molecular flexibility index (Phi) is 3.50. The molecule has 21 heavy (non-hydrogen) atoms. The number of aromatic nitrogens is 1. The van der Waals surface area contributed by atoms with Crippen molar-refractivity contribution in [1.82, 2.24) is 4.73 Å². The lowest BCUT2D eigenvalue weighted by Gasteiger charge is -2.12. The number of hydrogen-bond acceptors (Lipinski definition) is 3. The van der Waals surface area contributed by atoms with E-state index in [2.05, 4.69) is 0 Å². The molecule has 0 unspecified atom stereocenters. The van der Waals surface area contributed by atoms with Gasteiger partial charge < -0.3 is 9.94 Å². The molecule has 0 spiro atoms. The van der Waals surface area contributed by atoms with Crippen LogP contribution in [0.3, 0.4) is 0 Å². The number of fused-ring (bicyclic) bond motifs is 1. The Morgan fingerprint density at radius 3 is 2.48 bits per heavy atom. The average Bonchev–Trinajstić information content (AvgIpc) is 2.47. The first-order valence-electron chi connectivity index (χ1n) is 6.43. The second-order valence-corrected chi connectivity index (χ2v) is 5.61. The molecule has 0 radical (unpaired) electrons. The molecule has 0 fully saturated rings. The fraction of sp³-hybridized carbons (Fsp3) is 0.0625. The summed E-state index contributed by atoms with van der Waals surface area (Å²) in [4.78, 5) is 0. The first-order chi connectivity index (χ1) is 10.1. The maximum absolute atomic E-state index is 11.6. The molecule has 3 rings (SSSR count). The maximum atomic E-state index is 11.6. The van der Waals surface area contributed by atoms with Gasteiger partial charge in [0, 0.05) is 6.42 Å². The smallest absolute Gasteiger partial charge is 0.238 e. The monoisotopic (exact) mass is 298 g/mol. The molecule has 1 aromatic heterocycles. The van der Waals surface area contributed by atoms with Gasteiger partial charge in [-0.05, 0) is 34.2 Å². The lowest BCUT2D eigenvalue weighted by Crippen LogP contribution is -1.99. The highest BCUT2D eigenvalue weighted by atomic mass is 32.2. The third kappa shape index (κ3) is 2.68. The van der Waals surface area contributed by atoms with E-state index in [1.165, 1.54) is 6.20 Å². The van der Waals surface area contributed by atoms with E-state index in [1.54, 1.807) is 12.1 Å². The Labute approximate surface area is 123 Å². The Balaban J connectivity index is 2.12. The van der Waals surface area contributed by atoms with Crippen molar-refractivity contribution in [2.45, 2.75) is 6.42 Å². The summed E-state index contributed by atoms with van der Waals surface area (Å²) in [6.45, 7) is 0. The van der Waals surface area contributed by atoms with Gasteiger partial charge in [0.15, 0.2) is 4.64 Å². The standard InChI is InChI=1S/C16H12NO3S/c18-17-9-3-6-15(16(17)21(19)20)11-12-7-8-13-4-1-2-5-14(13)10-12/h1-10H,11H2/q-1. The second kappa shape index (κ2) is 5.46. The van der Waals surface area contributed by atoms with Crippen LogP contribution in [0.4, 0.5) is 0 Å². The van der Waals surface area contributed by atoms with Gasteiger partial charge in [-0.2, -0.15) is 8.42 Å². The van der Waals surface area contributed by atoms with Gasteiger partial charge in [-0.3, -0.25) is 0 Å². The van der Waals surface area contributed by atoms with Crippen LogP contribution in [0.2, 0.25) is 0 Å². The predicted molar refractivity (Wildman–Crippen MR) is 82.1 cm³/mol. The minimum absolute atomic E-state index is 0.217. The Morgan fingerprint density at radius 1 is 0.952 bits per heavy atom. The quantitative estimate of drug-likeness (QED) is 0.683. The summed E-state index contributed by atoms with van der Waals surface area (Å²) in [5.41, 5.74) is 1.46. The molecular formula is C16H12NO3S-. The van der Waals surface area contributed by atoms with Crippen LogP contribution in [-0.4, -0.2) is 13.1 Å². The summed E-state index contributed by atoms with van der Waals surface area (Å²) < 4.78 is 22.6. The van der Waals surface area contributed by atoms with Crippen LogP contribution in [0.15, 0.2) is 60.8 Å². The van der Waals surface area contributed by atoms with Gasteiger partial charge in [0.1, 0.15) is 0 Å². The minimum Gasteiger partial charge on any atom is -0.805 e. The summed E-state index contributed by atoms with van der Waals surface area (Å²) in [5, 5.41) is 13.8. The normalized spacial score (nSPS) is 10.7. The van der Waals surface area contributed by atoms with E-state index in [1.807, 2.05) is 42.5 Å². The van der Waals surface area contributed by atoms with Crippen molar-refractivity contribution in [2.24, 2.45) is 0 Å².